The highest BCUT2D eigenvalue weighted by Gasteiger charge is 2.14. The van der Waals surface area contributed by atoms with Crippen LogP contribution in [-0.2, 0) is 4.79 Å². The van der Waals surface area contributed by atoms with Crippen LogP contribution in [0.3, 0.4) is 0 Å². The van der Waals surface area contributed by atoms with Gasteiger partial charge in [0.2, 0.25) is 6.08 Å². The van der Waals surface area contributed by atoms with Gasteiger partial charge in [0.25, 0.3) is 0 Å². The lowest BCUT2D eigenvalue weighted by Gasteiger charge is -2.16. The fourth-order valence-corrected chi connectivity index (χ4v) is 0.373. The zero-order valence-corrected chi connectivity index (χ0v) is 6.40. The molecule has 0 unspecified atom stereocenters. The molecule has 0 aliphatic carbocycles. The second-order valence-electron chi connectivity index (χ2n) is 2.71. The van der Waals surface area contributed by atoms with Gasteiger partial charge >= 0.3 is 0 Å². The predicted octanol–water partition coefficient (Wildman–Crippen LogP) is 1.59. The predicted molar refractivity (Wildman–Crippen MR) is 37.5 cm³/mol. The van der Waals surface area contributed by atoms with Crippen molar-refractivity contribution in [2.45, 2.75) is 13.8 Å². The number of hydrogen-bond donors (Lipinski definition) is 0. The van der Waals surface area contributed by atoms with Crippen molar-refractivity contribution < 1.29 is 4.79 Å². The lowest BCUT2D eigenvalue weighted by Crippen LogP contribution is -2.16. The molecular formula is C6H10ClNO. The van der Waals surface area contributed by atoms with Crippen molar-refractivity contribution in [3.8, 4) is 0 Å². The van der Waals surface area contributed by atoms with Crippen LogP contribution >= 0.6 is 11.6 Å². The van der Waals surface area contributed by atoms with E-state index in [2.05, 4.69) is 4.99 Å². The van der Waals surface area contributed by atoms with Gasteiger partial charge < -0.3 is 0 Å². The van der Waals surface area contributed by atoms with Crippen molar-refractivity contribution >= 4 is 17.7 Å². The fourth-order valence-electron chi connectivity index (χ4n) is 0.289. The first-order chi connectivity index (χ1) is 4.12. The molecular weight excluding hydrogens is 138 g/mol. The van der Waals surface area contributed by atoms with Crippen LogP contribution < -0.4 is 0 Å². The Morgan fingerprint density at radius 1 is 1.67 bits per heavy atom. The number of isocyanates is 1. The van der Waals surface area contributed by atoms with Crippen molar-refractivity contribution in [1.82, 2.24) is 0 Å². The average Bonchev–Trinajstić information content (AvgIpc) is 1.84. The summed E-state index contributed by atoms with van der Waals surface area (Å²) in [5.74, 6) is 0.512. The van der Waals surface area contributed by atoms with Crippen molar-refractivity contribution in [1.29, 1.82) is 0 Å². The quantitative estimate of drug-likeness (QED) is 0.339. The van der Waals surface area contributed by atoms with Gasteiger partial charge in [0, 0.05) is 5.88 Å². The Kier molecular flexibility index (Phi) is 3.52. The molecule has 52 valence electrons. The molecule has 0 N–H and O–H groups in total. The maximum Gasteiger partial charge on any atom is 0.234 e. The maximum atomic E-state index is 9.63. The summed E-state index contributed by atoms with van der Waals surface area (Å²) in [6.07, 6.45) is 1.47. The Morgan fingerprint density at radius 2 is 2.22 bits per heavy atom. The third kappa shape index (κ3) is 4.19. The van der Waals surface area contributed by atoms with E-state index in [4.69, 9.17) is 11.6 Å². The van der Waals surface area contributed by atoms with Crippen LogP contribution in [0.15, 0.2) is 4.99 Å². The van der Waals surface area contributed by atoms with E-state index in [-0.39, 0.29) is 5.41 Å². The summed E-state index contributed by atoms with van der Waals surface area (Å²) < 4.78 is 0. The van der Waals surface area contributed by atoms with E-state index in [0.29, 0.717) is 12.4 Å². The number of halogens is 1. The highest BCUT2D eigenvalue weighted by atomic mass is 35.5. The number of alkyl halides is 1. The van der Waals surface area contributed by atoms with Gasteiger partial charge in [0.15, 0.2) is 0 Å². The monoisotopic (exact) mass is 147 g/mol. The minimum Gasteiger partial charge on any atom is -0.211 e. The molecule has 0 heterocycles. The van der Waals surface area contributed by atoms with E-state index in [0.717, 1.165) is 0 Å². The molecule has 0 saturated carbocycles. The summed E-state index contributed by atoms with van der Waals surface area (Å²) >= 11 is 5.54. The minimum atomic E-state index is -0.0705. The molecule has 0 fully saturated rings. The van der Waals surface area contributed by atoms with Crippen LogP contribution in [0.1, 0.15) is 13.8 Å². The highest BCUT2D eigenvalue weighted by Crippen LogP contribution is 2.16. The number of hydrogen-bond acceptors (Lipinski definition) is 2. The Morgan fingerprint density at radius 3 is 2.56 bits per heavy atom. The number of carbonyl (C=O) groups excluding carboxylic acids is 1. The minimum absolute atomic E-state index is 0.0705. The molecule has 2 nitrogen and oxygen atoms in total. The molecule has 3 heteroatoms. The molecule has 0 aromatic heterocycles. The highest BCUT2D eigenvalue weighted by molar-refractivity contribution is 6.18. The zero-order chi connectivity index (χ0) is 7.33. The Labute approximate surface area is 59.9 Å². The van der Waals surface area contributed by atoms with Gasteiger partial charge in [-0.1, -0.05) is 13.8 Å². The molecule has 0 rings (SSSR count). The van der Waals surface area contributed by atoms with Gasteiger partial charge in [-0.15, -0.1) is 11.6 Å². The Bertz CT molecular complexity index is 127. The third-order valence-corrected chi connectivity index (χ3v) is 1.66. The summed E-state index contributed by atoms with van der Waals surface area (Å²) in [6, 6.07) is 0. The van der Waals surface area contributed by atoms with Crippen molar-refractivity contribution in [3.63, 3.8) is 0 Å². The van der Waals surface area contributed by atoms with Crippen molar-refractivity contribution in [2.75, 3.05) is 12.4 Å². The van der Waals surface area contributed by atoms with Crippen LogP contribution in [0, 0.1) is 5.41 Å². The summed E-state index contributed by atoms with van der Waals surface area (Å²) in [5, 5.41) is 0. The third-order valence-electron chi connectivity index (χ3n) is 0.933. The molecule has 0 aliphatic rings. The number of aliphatic imine (C=N–C) groups is 1. The Balaban J connectivity index is 3.71. The van der Waals surface area contributed by atoms with Crippen LogP contribution in [0.5, 0.6) is 0 Å². The largest absolute Gasteiger partial charge is 0.234 e. The summed E-state index contributed by atoms with van der Waals surface area (Å²) in [5.41, 5.74) is -0.0705. The first kappa shape index (κ1) is 8.67. The topological polar surface area (TPSA) is 29.4 Å². The zero-order valence-electron chi connectivity index (χ0n) is 5.65. The summed E-state index contributed by atoms with van der Waals surface area (Å²) in [6.45, 7) is 4.35. The molecule has 9 heavy (non-hydrogen) atoms. The molecule has 0 aromatic rings. The first-order valence-corrected chi connectivity index (χ1v) is 3.25. The van der Waals surface area contributed by atoms with Gasteiger partial charge in [-0.2, -0.15) is 0 Å². The molecule has 0 aromatic carbocycles. The maximum absolute atomic E-state index is 9.63. The van der Waals surface area contributed by atoms with Crippen molar-refractivity contribution in [2.24, 2.45) is 10.4 Å². The second kappa shape index (κ2) is 3.65. The molecule has 0 bridgehead atoms. The molecule has 0 saturated heterocycles. The van der Waals surface area contributed by atoms with E-state index in [1.165, 1.54) is 6.08 Å². The van der Waals surface area contributed by atoms with Gasteiger partial charge in [-0.05, 0) is 5.41 Å². The molecule has 0 aliphatic heterocycles. The molecule has 0 radical (unpaired) electrons. The average molecular weight is 148 g/mol. The number of rotatable bonds is 3. The van der Waals surface area contributed by atoms with E-state index in [9.17, 15) is 4.79 Å². The van der Waals surface area contributed by atoms with Gasteiger partial charge in [-0.3, -0.25) is 0 Å². The molecule has 0 spiro atoms. The second-order valence-corrected chi connectivity index (χ2v) is 2.97. The number of nitrogens with zero attached hydrogens (tertiary/aromatic N) is 1. The summed E-state index contributed by atoms with van der Waals surface area (Å²) in [4.78, 5) is 13.1. The first-order valence-electron chi connectivity index (χ1n) is 2.72. The lowest BCUT2D eigenvalue weighted by atomic mass is 9.97. The fraction of sp³-hybridized carbons (Fsp3) is 0.833. The SMILES string of the molecule is CC(C)(CCl)CN=C=O. The van der Waals surface area contributed by atoms with E-state index in [1.807, 2.05) is 13.8 Å². The van der Waals surface area contributed by atoms with Gasteiger partial charge in [0.05, 0.1) is 6.54 Å². The standard InChI is InChI=1S/C6H10ClNO/c1-6(2,3-7)4-8-5-9/h3-4H2,1-2H3. The van der Waals surface area contributed by atoms with Crippen LogP contribution in [0.2, 0.25) is 0 Å². The van der Waals surface area contributed by atoms with E-state index in [1.54, 1.807) is 0 Å². The van der Waals surface area contributed by atoms with E-state index < -0.39 is 0 Å². The summed E-state index contributed by atoms with van der Waals surface area (Å²) in [7, 11) is 0. The van der Waals surface area contributed by atoms with Crippen molar-refractivity contribution in [3.05, 3.63) is 0 Å². The molecule has 0 amide bonds. The van der Waals surface area contributed by atoms with Crippen LogP contribution in [0.25, 0.3) is 0 Å². The van der Waals surface area contributed by atoms with Crippen LogP contribution in [-0.4, -0.2) is 18.5 Å². The normalized spacial score (nSPS) is 10.6. The smallest absolute Gasteiger partial charge is 0.211 e. The van der Waals surface area contributed by atoms with E-state index >= 15 is 0 Å². The van der Waals surface area contributed by atoms with Gasteiger partial charge in [-0.25, -0.2) is 9.79 Å². The van der Waals surface area contributed by atoms with Crippen LogP contribution in [0.4, 0.5) is 0 Å². The lowest BCUT2D eigenvalue weighted by molar-refractivity contribution is 0.434. The van der Waals surface area contributed by atoms with Gasteiger partial charge in [0.1, 0.15) is 0 Å². The Hall–Kier alpha value is -0.330. The molecule has 0 atom stereocenters.